The quantitative estimate of drug-likeness (QED) is 0.480. The zero-order valence-electron chi connectivity index (χ0n) is 16.0. The summed E-state index contributed by atoms with van der Waals surface area (Å²) in [5.41, 5.74) is 2.64. The Morgan fingerprint density at radius 2 is 1.83 bits per heavy atom. The molecule has 2 amide bonds. The molecule has 0 aliphatic heterocycles. The molecule has 2 aromatic carbocycles. The molecule has 3 N–H and O–H groups in total. The first-order valence-corrected chi connectivity index (χ1v) is 9.32. The Kier molecular flexibility index (Phi) is 6.90. The van der Waals surface area contributed by atoms with Crippen molar-refractivity contribution in [3.05, 3.63) is 95.6 Å². The number of carbonyl (C=O) groups excluding carboxylic acids is 1. The van der Waals surface area contributed by atoms with Crippen LogP contribution in [0.5, 0.6) is 0 Å². The van der Waals surface area contributed by atoms with Crippen LogP contribution >= 0.6 is 0 Å². The van der Waals surface area contributed by atoms with E-state index in [1.54, 1.807) is 18.6 Å². The Labute approximate surface area is 172 Å². The molecule has 156 valence electrons. The molecule has 0 aliphatic rings. The second kappa shape index (κ2) is 9.78. The molecule has 0 aliphatic carbocycles. The van der Waals surface area contributed by atoms with Crippen molar-refractivity contribution < 1.29 is 18.0 Å². The van der Waals surface area contributed by atoms with E-state index in [-0.39, 0.29) is 12.2 Å². The van der Waals surface area contributed by atoms with Crippen molar-refractivity contribution in [1.82, 2.24) is 15.3 Å². The van der Waals surface area contributed by atoms with Gasteiger partial charge >= 0.3 is 12.2 Å². The number of halogens is 3. The summed E-state index contributed by atoms with van der Waals surface area (Å²) >= 11 is 0. The van der Waals surface area contributed by atoms with E-state index < -0.39 is 17.8 Å². The maximum absolute atomic E-state index is 12.7. The van der Waals surface area contributed by atoms with Gasteiger partial charge in [-0.2, -0.15) is 13.2 Å². The number of imidazole rings is 1. The number of rotatable bonds is 7. The van der Waals surface area contributed by atoms with Gasteiger partial charge in [0.25, 0.3) is 0 Å². The van der Waals surface area contributed by atoms with Gasteiger partial charge in [-0.05, 0) is 35.7 Å². The van der Waals surface area contributed by atoms with E-state index in [2.05, 4.69) is 32.7 Å². The Morgan fingerprint density at radius 3 is 2.53 bits per heavy atom. The molecule has 1 aromatic heterocycles. The van der Waals surface area contributed by atoms with Crippen LogP contribution in [0.1, 0.15) is 22.4 Å². The van der Waals surface area contributed by atoms with E-state index in [1.165, 1.54) is 17.7 Å². The standard InChI is InChI=1S/C22H21F3N4O/c23-22(24,25)18-5-3-6-19(13-18)29-21(30)27-11-2-1-4-16-7-9-17(10-8-16)12-20-14-26-15-28-20/h1-3,5-10,13-15H,4,11-12H2,(H,26,28)(H2,27,29,30)/b2-1+. The number of benzene rings is 2. The Balaban J connectivity index is 1.40. The van der Waals surface area contributed by atoms with E-state index in [0.29, 0.717) is 6.42 Å². The lowest BCUT2D eigenvalue weighted by Gasteiger charge is -2.10. The lowest BCUT2D eigenvalue weighted by Crippen LogP contribution is -2.28. The molecule has 0 unspecified atom stereocenters. The van der Waals surface area contributed by atoms with E-state index >= 15 is 0 Å². The van der Waals surface area contributed by atoms with Gasteiger partial charge in [0.05, 0.1) is 11.9 Å². The van der Waals surface area contributed by atoms with Crippen molar-refractivity contribution in [3.63, 3.8) is 0 Å². The summed E-state index contributed by atoms with van der Waals surface area (Å²) in [5, 5.41) is 4.98. The molecule has 3 aromatic rings. The van der Waals surface area contributed by atoms with Crippen LogP contribution in [-0.2, 0) is 19.0 Å². The average molecular weight is 414 g/mol. The molecule has 0 bridgehead atoms. The highest BCUT2D eigenvalue weighted by molar-refractivity contribution is 5.89. The van der Waals surface area contributed by atoms with Gasteiger partial charge in [-0.25, -0.2) is 9.78 Å². The fourth-order valence-electron chi connectivity index (χ4n) is 2.80. The van der Waals surface area contributed by atoms with Crippen LogP contribution in [0.15, 0.2) is 73.2 Å². The molecule has 1 heterocycles. The van der Waals surface area contributed by atoms with Gasteiger partial charge in [-0.15, -0.1) is 0 Å². The van der Waals surface area contributed by atoms with E-state index in [9.17, 15) is 18.0 Å². The normalized spacial score (nSPS) is 11.6. The lowest BCUT2D eigenvalue weighted by molar-refractivity contribution is -0.137. The summed E-state index contributed by atoms with van der Waals surface area (Å²) in [6, 6.07) is 12.1. The van der Waals surface area contributed by atoms with Crippen LogP contribution in [0.2, 0.25) is 0 Å². The van der Waals surface area contributed by atoms with E-state index in [1.807, 2.05) is 18.2 Å². The van der Waals surface area contributed by atoms with Crippen LogP contribution in [-0.4, -0.2) is 22.5 Å². The number of amides is 2. The third-order valence-electron chi connectivity index (χ3n) is 4.32. The molecule has 0 radical (unpaired) electrons. The number of hydrogen-bond donors (Lipinski definition) is 3. The third-order valence-corrected chi connectivity index (χ3v) is 4.32. The van der Waals surface area contributed by atoms with Crippen molar-refractivity contribution >= 4 is 11.7 Å². The Hall–Kier alpha value is -3.55. The highest BCUT2D eigenvalue weighted by atomic mass is 19.4. The molecule has 30 heavy (non-hydrogen) atoms. The van der Waals surface area contributed by atoms with Gasteiger partial charge in [-0.3, -0.25) is 0 Å². The van der Waals surface area contributed by atoms with E-state index in [0.717, 1.165) is 29.8 Å². The van der Waals surface area contributed by atoms with Crippen LogP contribution in [0, 0.1) is 0 Å². The number of allylic oxidation sites excluding steroid dienone is 1. The first-order chi connectivity index (χ1) is 14.4. The van der Waals surface area contributed by atoms with Crippen molar-refractivity contribution in [2.24, 2.45) is 0 Å². The second-order valence-corrected chi connectivity index (χ2v) is 6.66. The van der Waals surface area contributed by atoms with Crippen LogP contribution in [0.25, 0.3) is 0 Å². The minimum Gasteiger partial charge on any atom is -0.348 e. The topological polar surface area (TPSA) is 69.8 Å². The van der Waals surface area contributed by atoms with Crippen molar-refractivity contribution in [1.29, 1.82) is 0 Å². The molecule has 0 saturated heterocycles. The third kappa shape index (κ3) is 6.51. The van der Waals surface area contributed by atoms with Gasteiger partial charge in [0.15, 0.2) is 0 Å². The first kappa shape index (κ1) is 21.2. The summed E-state index contributed by atoms with van der Waals surface area (Å²) in [5.74, 6) is 0. The molecule has 0 spiro atoms. The predicted molar refractivity (Wildman–Crippen MR) is 109 cm³/mol. The molecular formula is C22H21F3N4O. The van der Waals surface area contributed by atoms with Gasteiger partial charge < -0.3 is 15.6 Å². The fraction of sp³-hybridized carbons (Fsp3) is 0.182. The number of hydrogen-bond acceptors (Lipinski definition) is 2. The summed E-state index contributed by atoms with van der Waals surface area (Å²) < 4.78 is 38.1. The van der Waals surface area contributed by atoms with E-state index in [4.69, 9.17) is 0 Å². The Morgan fingerprint density at radius 1 is 1.07 bits per heavy atom. The number of alkyl halides is 3. The second-order valence-electron chi connectivity index (χ2n) is 6.66. The van der Waals surface area contributed by atoms with Gasteiger partial charge in [0.1, 0.15) is 0 Å². The van der Waals surface area contributed by atoms with Crippen LogP contribution in [0.4, 0.5) is 23.7 Å². The lowest BCUT2D eigenvalue weighted by atomic mass is 10.1. The number of carbonyl (C=O) groups is 1. The summed E-state index contributed by atoms with van der Waals surface area (Å²) in [7, 11) is 0. The minimum absolute atomic E-state index is 0.0847. The number of nitrogens with zero attached hydrogens (tertiary/aromatic N) is 1. The molecular weight excluding hydrogens is 393 g/mol. The van der Waals surface area contributed by atoms with Gasteiger partial charge in [0, 0.05) is 30.5 Å². The smallest absolute Gasteiger partial charge is 0.348 e. The highest BCUT2D eigenvalue weighted by Crippen LogP contribution is 2.30. The minimum atomic E-state index is -4.45. The van der Waals surface area contributed by atoms with Crippen molar-refractivity contribution in [2.75, 3.05) is 11.9 Å². The zero-order valence-corrected chi connectivity index (χ0v) is 16.0. The number of aromatic nitrogens is 2. The molecule has 8 heteroatoms. The number of aromatic amines is 1. The SMILES string of the molecule is O=C(NC/C=C/Cc1ccc(Cc2cnc[nH]2)cc1)Nc1cccc(C(F)(F)F)c1. The first-order valence-electron chi connectivity index (χ1n) is 9.32. The zero-order chi connectivity index (χ0) is 21.4. The number of urea groups is 1. The maximum atomic E-state index is 12.7. The van der Waals surface area contributed by atoms with Crippen LogP contribution < -0.4 is 10.6 Å². The largest absolute Gasteiger partial charge is 0.416 e. The van der Waals surface area contributed by atoms with Gasteiger partial charge in [-0.1, -0.05) is 42.5 Å². The number of anilines is 1. The average Bonchev–Trinajstić information content (AvgIpc) is 3.21. The number of nitrogens with one attached hydrogen (secondary N) is 3. The summed E-state index contributed by atoms with van der Waals surface area (Å²) in [4.78, 5) is 18.9. The maximum Gasteiger partial charge on any atom is 0.416 e. The van der Waals surface area contributed by atoms with Crippen molar-refractivity contribution in [3.8, 4) is 0 Å². The molecule has 0 saturated carbocycles. The summed E-state index contributed by atoms with van der Waals surface area (Å²) in [6.07, 6.45) is 4.23. The predicted octanol–water partition coefficient (Wildman–Crippen LogP) is 4.94. The van der Waals surface area contributed by atoms with Gasteiger partial charge in [0.2, 0.25) is 0 Å². The Bertz CT molecular complexity index is 980. The molecule has 0 fully saturated rings. The fourth-order valence-corrected chi connectivity index (χ4v) is 2.80. The van der Waals surface area contributed by atoms with Crippen molar-refractivity contribution in [2.45, 2.75) is 19.0 Å². The molecule has 0 atom stereocenters. The van der Waals surface area contributed by atoms with Crippen LogP contribution in [0.3, 0.4) is 0 Å². The summed E-state index contributed by atoms with van der Waals surface area (Å²) in [6.45, 7) is 0.267. The number of H-pyrrole nitrogens is 1. The highest BCUT2D eigenvalue weighted by Gasteiger charge is 2.30. The molecule has 5 nitrogen and oxygen atoms in total. The molecule has 3 rings (SSSR count). The monoisotopic (exact) mass is 414 g/mol.